The summed E-state index contributed by atoms with van der Waals surface area (Å²) in [6.07, 6.45) is -3.16. The van der Waals surface area contributed by atoms with E-state index in [1.54, 1.807) is 0 Å². The maximum Gasteiger partial charge on any atom is 0.478 e. The second-order valence-corrected chi connectivity index (χ2v) is 7.94. The average molecular weight is 402 g/mol. The van der Waals surface area contributed by atoms with Crippen molar-refractivity contribution in [1.82, 2.24) is 9.55 Å². The van der Waals surface area contributed by atoms with Crippen molar-refractivity contribution in [2.24, 2.45) is 7.05 Å². The van der Waals surface area contributed by atoms with Crippen molar-refractivity contribution in [1.29, 1.82) is 0 Å². The lowest BCUT2D eigenvalue weighted by Crippen LogP contribution is -2.36. The predicted octanol–water partition coefficient (Wildman–Crippen LogP) is 1.32. The normalized spacial score (nSPS) is 12.6. The van der Waals surface area contributed by atoms with Crippen molar-refractivity contribution in [2.75, 3.05) is 5.75 Å². The van der Waals surface area contributed by atoms with Crippen LogP contribution < -0.4 is 9.46 Å². The molecule has 3 aromatic heterocycles. The molecule has 12 heteroatoms. The summed E-state index contributed by atoms with van der Waals surface area (Å²) < 4.78 is 64.6. The minimum Gasteiger partial charge on any atom is -0.618 e. The lowest BCUT2D eigenvalue weighted by molar-refractivity contribution is -0.627. The van der Waals surface area contributed by atoms with E-state index >= 15 is 0 Å². The third kappa shape index (κ3) is 3.05. The van der Waals surface area contributed by atoms with Crippen molar-refractivity contribution in [3.05, 3.63) is 46.7 Å². The van der Waals surface area contributed by atoms with Crippen LogP contribution >= 0.6 is 0 Å². The lowest BCUT2D eigenvalue weighted by atomic mass is 10.3. The molecule has 0 aromatic carbocycles. The molecule has 3 heterocycles. The molecule has 0 aliphatic heterocycles. The van der Waals surface area contributed by atoms with E-state index in [4.69, 9.17) is 0 Å². The van der Waals surface area contributed by atoms with Crippen molar-refractivity contribution < 1.29 is 31.0 Å². The van der Waals surface area contributed by atoms with Gasteiger partial charge in [0.25, 0.3) is 5.69 Å². The number of imidazole rings is 1. The van der Waals surface area contributed by atoms with Crippen molar-refractivity contribution in [3.63, 3.8) is 0 Å². The number of hydrogen-bond acceptors (Lipinski definition) is 5. The van der Waals surface area contributed by atoms with Crippen LogP contribution in [0.15, 0.2) is 35.5 Å². The molecule has 0 aliphatic rings. The fourth-order valence-corrected chi connectivity index (χ4v) is 3.74. The quantitative estimate of drug-likeness (QED) is 0.485. The Morgan fingerprint density at radius 1 is 1.26 bits per heavy atom. The number of fused-ring (bicyclic) bond motifs is 1. The van der Waals surface area contributed by atoms with E-state index in [0.29, 0.717) is 12.3 Å². The van der Waals surface area contributed by atoms with Gasteiger partial charge in [-0.1, -0.05) is 6.92 Å². The Morgan fingerprint density at radius 3 is 2.52 bits per heavy atom. The van der Waals surface area contributed by atoms with E-state index in [1.165, 1.54) is 30.7 Å². The molecule has 0 radical (unpaired) electrons. The second-order valence-electron chi connectivity index (χ2n) is 5.70. The SMILES string of the molecule is CCS(=O)(=O)c1ccc[n+]([O-])c1-c1nc2cc(C(F)(F)F)[n+]([O-])cc2n1C. The highest BCUT2D eigenvalue weighted by Gasteiger charge is 2.41. The molecule has 3 rings (SSSR count). The number of aryl methyl sites for hydroxylation is 1. The summed E-state index contributed by atoms with van der Waals surface area (Å²) in [5, 5.41) is 24.0. The number of halogens is 3. The number of aromatic nitrogens is 4. The van der Waals surface area contributed by atoms with Crippen LogP contribution in [0.2, 0.25) is 0 Å². The first kappa shape index (κ1) is 18.9. The summed E-state index contributed by atoms with van der Waals surface area (Å²) in [4.78, 5) is 3.69. The molecule has 27 heavy (non-hydrogen) atoms. The Morgan fingerprint density at radius 2 is 1.93 bits per heavy atom. The van der Waals surface area contributed by atoms with Crippen LogP contribution in [-0.2, 0) is 23.1 Å². The minimum atomic E-state index is -4.89. The van der Waals surface area contributed by atoms with Gasteiger partial charge in [-0.05, 0) is 6.07 Å². The van der Waals surface area contributed by atoms with Gasteiger partial charge >= 0.3 is 11.9 Å². The van der Waals surface area contributed by atoms with E-state index in [2.05, 4.69) is 4.98 Å². The van der Waals surface area contributed by atoms with Crippen molar-refractivity contribution in [3.8, 4) is 11.5 Å². The summed E-state index contributed by atoms with van der Waals surface area (Å²) >= 11 is 0. The third-order valence-electron chi connectivity index (χ3n) is 4.06. The Bertz CT molecular complexity index is 1160. The summed E-state index contributed by atoms with van der Waals surface area (Å²) in [7, 11) is -2.45. The van der Waals surface area contributed by atoms with Crippen LogP contribution in [-0.4, -0.2) is 23.7 Å². The number of alkyl halides is 3. The largest absolute Gasteiger partial charge is 0.618 e. The van der Waals surface area contributed by atoms with Crippen LogP contribution in [0.1, 0.15) is 12.6 Å². The maximum absolute atomic E-state index is 12.9. The van der Waals surface area contributed by atoms with Crippen LogP contribution in [0.5, 0.6) is 0 Å². The first-order valence-electron chi connectivity index (χ1n) is 7.59. The monoisotopic (exact) mass is 402 g/mol. The van der Waals surface area contributed by atoms with Gasteiger partial charge in [-0.3, -0.25) is 0 Å². The highest BCUT2D eigenvalue weighted by atomic mass is 32.2. The highest BCUT2D eigenvalue weighted by Crippen LogP contribution is 2.31. The van der Waals surface area contributed by atoms with Gasteiger partial charge in [0.2, 0.25) is 12.0 Å². The average Bonchev–Trinajstić information content (AvgIpc) is 2.89. The van der Waals surface area contributed by atoms with E-state index in [-0.39, 0.29) is 42.7 Å². The fraction of sp³-hybridized carbons (Fsp3) is 0.267. The van der Waals surface area contributed by atoms with Gasteiger partial charge in [0.15, 0.2) is 16.0 Å². The first-order chi connectivity index (χ1) is 12.5. The van der Waals surface area contributed by atoms with Gasteiger partial charge in [-0.25, -0.2) is 13.4 Å². The Kier molecular flexibility index (Phi) is 4.25. The standard InChI is InChI=1S/C15H13F3N4O4S/c1-3-27(25,26)11-5-4-6-21(23)13(11)14-19-9-7-12(15(16,17)18)22(24)8-10(9)20(14)2/h4-8H,3H2,1-2H3. The van der Waals surface area contributed by atoms with Gasteiger partial charge in [0, 0.05) is 19.2 Å². The number of pyridine rings is 2. The minimum absolute atomic E-state index is 0.0108. The summed E-state index contributed by atoms with van der Waals surface area (Å²) in [6.45, 7) is 1.39. The molecule has 0 N–H and O–H groups in total. The van der Waals surface area contributed by atoms with Gasteiger partial charge < -0.3 is 15.0 Å². The molecular weight excluding hydrogens is 389 g/mol. The number of hydrogen-bond donors (Lipinski definition) is 0. The molecule has 0 fully saturated rings. The Balaban J connectivity index is 2.36. The maximum atomic E-state index is 12.9. The van der Waals surface area contributed by atoms with E-state index in [1.807, 2.05) is 0 Å². The third-order valence-corrected chi connectivity index (χ3v) is 5.82. The predicted molar refractivity (Wildman–Crippen MR) is 86.8 cm³/mol. The zero-order valence-corrected chi connectivity index (χ0v) is 14.9. The van der Waals surface area contributed by atoms with Crippen molar-refractivity contribution in [2.45, 2.75) is 18.0 Å². The molecule has 0 saturated carbocycles. The van der Waals surface area contributed by atoms with Gasteiger partial charge in [-0.2, -0.15) is 22.6 Å². The highest BCUT2D eigenvalue weighted by molar-refractivity contribution is 7.91. The summed E-state index contributed by atoms with van der Waals surface area (Å²) in [5.41, 5.74) is -1.99. The Labute approximate surface area is 151 Å². The van der Waals surface area contributed by atoms with Gasteiger partial charge in [0.1, 0.15) is 15.9 Å². The van der Waals surface area contributed by atoms with Gasteiger partial charge in [-0.15, -0.1) is 0 Å². The summed E-state index contributed by atoms with van der Waals surface area (Å²) in [6, 6.07) is 3.02. The molecule has 0 amide bonds. The van der Waals surface area contributed by atoms with E-state index < -0.39 is 21.7 Å². The molecule has 0 spiro atoms. The van der Waals surface area contributed by atoms with Crippen LogP contribution in [0, 0.1) is 10.4 Å². The molecule has 0 bridgehead atoms. The molecule has 0 saturated heterocycles. The van der Waals surface area contributed by atoms with E-state index in [9.17, 15) is 32.0 Å². The smallest absolute Gasteiger partial charge is 0.478 e. The fourth-order valence-electron chi connectivity index (χ4n) is 2.67. The van der Waals surface area contributed by atoms with Gasteiger partial charge in [0.05, 0.1) is 5.75 Å². The second kappa shape index (κ2) is 6.08. The molecule has 3 aromatic rings. The number of sulfone groups is 1. The Hall–Kier alpha value is -2.89. The molecule has 144 valence electrons. The molecule has 0 aliphatic carbocycles. The molecule has 0 atom stereocenters. The van der Waals surface area contributed by atoms with Crippen LogP contribution in [0.25, 0.3) is 22.6 Å². The van der Waals surface area contributed by atoms with Crippen LogP contribution in [0.3, 0.4) is 0 Å². The zero-order valence-electron chi connectivity index (χ0n) is 14.1. The molecule has 8 nitrogen and oxygen atoms in total. The van der Waals surface area contributed by atoms with Crippen LogP contribution in [0.4, 0.5) is 13.2 Å². The van der Waals surface area contributed by atoms with Crippen molar-refractivity contribution >= 4 is 20.9 Å². The number of nitrogens with zero attached hydrogens (tertiary/aromatic N) is 4. The number of rotatable bonds is 3. The molecule has 0 unspecified atom stereocenters. The molecular formula is C15H13F3N4O4S. The topological polar surface area (TPSA) is 106 Å². The lowest BCUT2D eigenvalue weighted by Gasteiger charge is -2.09. The van der Waals surface area contributed by atoms with E-state index in [0.717, 1.165) is 6.20 Å². The zero-order chi connectivity index (χ0) is 20.1. The first-order valence-corrected chi connectivity index (χ1v) is 9.24. The summed E-state index contributed by atoms with van der Waals surface area (Å²) in [5.74, 6) is -0.459.